The van der Waals surface area contributed by atoms with Crippen LogP contribution in [-0.2, 0) is 0 Å². The third kappa shape index (κ3) is 2.49. The second-order valence-corrected chi connectivity index (χ2v) is 5.51. The highest BCUT2D eigenvalue weighted by atomic mass is 32.2. The lowest BCUT2D eigenvalue weighted by Gasteiger charge is -2.35. The van der Waals surface area contributed by atoms with Crippen LogP contribution in [0.25, 0.3) is 0 Å². The average molecular weight is 261 g/mol. The number of carbonyl (C=O) groups is 1. The molecule has 1 saturated heterocycles. The molecule has 1 aromatic rings. The molecule has 18 heavy (non-hydrogen) atoms. The molecule has 2 rings (SSSR count). The summed E-state index contributed by atoms with van der Waals surface area (Å²) in [6.07, 6.45) is 5.03. The summed E-state index contributed by atoms with van der Waals surface area (Å²) in [5, 5.41) is 9.20. The van der Waals surface area contributed by atoms with E-state index in [1.54, 1.807) is 35.0 Å². The van der Waals surface area contributed by atoms with E-state index < -0.39 is 0 Å². The first-order valence-corrected chi connectivity index (χ1v) is 7.10. The summed E-state index contributed by atoms with van der Waals surface area (Å²) in [6, 6.07) is 7.71. The van der Waals surface area contributed by atoms with Gasteiger partial charge < -0.3 is 4.90 Å². The van der Waals surface area contributed by atoms with Gasteiger partial charge in [0.05, 0.1) is 6.07 Å². The highest BCUT2D eigenvalue weighted by molar-refractivity contribution is 8.00. The van der Waals surface area contributed by atoms with Crippen molar-refractivity contribution in [1.82, 2.24) is 9.88 Å². The lowest BCUT2D eigenvalue weighted by atomic mass is 9.97. The van der Waals surface area contributed by atoms with Gasteiger partial charge >= 0.3 is 0 Å². The fraction of sp³-hybridized carbons (Fsp3) is 0.462. The summed E-state index contributed by atoms with van der Waals surface area (Å²) in [5.74, 6) is -0.0387. The van der Waals surface area contributed by atoms with Crippen LogP contribution in [0.1, 0.15) is 23.3 Å². The Morgan fingerprint density at radius 3 is 2.72 bits per heavy atom. The Bertz CT molecular complexity index is 461. The Morgan fingerprint density at radius 1 is 1.50 bits per heavy atom. The van der Waals surface area contributed by atoms with E-state index in [1.807, 2.05) is 12.3 Å². The van der Waals surface area contributed by atoms with E-state index in [4.69, 9.17) is 0 Å². The molecule has 0 unspecified atom stereocenters. The van der Waals surface area contributed by atoms with Gasteiger partial charge in [0.1, 0.15) is 10.4 Å². The van der Waals surface area contributed by atoms with Crippen LogP contribution in [0.5, 0.6) is 0 Å². The van der Waals surface area contributed by atoms with Crippen molar-refractivity contribution in [1.29, 1.82) is 5.26 Å². The normalized spacial score (nSPS) is 18.1. The maximum absolute atomic E-state index is 12.2. The van der Waals surface area contributed by atoms with Crippen molar-refractivity contribution in [2.45, 2.75) is 17.6 Å². The smallest absolute Gasteiger partial charge is 0.272 e. The van der Waals surface area contributed by atoms with Gasteiger partial charge in [0, 0.05) is 19.3 Å². The van der Waals surface area contributed by atoms with E-state index in [9.17, 15) is 10.1 Å². The molecule has 0 spiro atoms. The van der Waals surface area contributed by atoms with Crippen molar-refractivity contribution in [2.75, 3.05) is 19.3 Å². The second-order valence-electron chi connectivity index (χ2n) is 4.32. The highest BCUT2D eigenvalue weighted by Crippen LogP contribution is 2.33. The highest BCUT2D eigenvalue weighted by Gasteiger charge is 2.35. The topological polar surface area (TPSA) is 57.0 Å². The minimum absolute atomic E-state index is 0.0387. The van der Waals surface area contributed by atoms with E-state index in [-0.39, 0.29) is 10.7 Å². The van der Waals surface area contributed by atoms with Crippen molar-refractivity contribution < 1.29 is 4.79 Å². The van der Waals surface area contributed by atoms with Gasteiger partial charge in [0.25, 0.3) is 5.91 Å². The molecule has 1 amide bonds. The number of piperidine rings is 1. The number of hydrogen-bond donors (Lipinski definition) is 0. The third-order valence-corrected chi connectivity index (χ3v) is 4.62. The summed E-state index contributed by atoms with van der Waals surface area (Å²) in [7, 11) is 0. The van der Waals surface area contributed by atoms with Crippen LogP contribution in [0.4, 0.5) is 0 Å². The number of amides is 1. The van der Waals surface area contributed by atoms with Gasteiger partial charge in [-0.15, -0.1) is 11.8 Å². The van der Waals surface area contributed by atoms with Crippen molar-refractivity contribution in [2.24, 2.45) is 0 Å². The van der Waals surface area contributed by atoms with E-state index >= 15 is 0 Å². The van der Waals surface area contributed by atoms with Crippen molar-refractivity contribution in [3.05, 3.63) is 30.1 Å². The molecular formula is C13H15N3OS. The SMILES string of the molecule is CSC1(C#N)CCN(C(=O)c2ccccn2)CC1. The van der Waals surface area contributed by atoms with Crippen LogP contribution >= 0.6 is 11.8 Å². The fourth-order valence-electron chi connectivity index (χ4n) is 2.08. The molecule has 0 bridgehead atoms. The van der Waals surface area contributed by atoms with Gasteiger partial charge in [0.15, 0.2) is 0 Å². The third-order valence-electron chi connectivity index (χ3n) is 3.34. The molecule has 0 aromatic carbocycles. The molecule has 2 heterocycles. The van der Waals surface area contributed by atoms with E-state index in [0.29, 0.717) is 18.8 Å². The number of nitrogens with zero attached hydrogens (tertiary/aromatic N) is 3. The summed E-state index contributed by atoms with van der Waals surface area (Å²) >= 11 is 1.59. The summed E-state index contributed by atoms with van der Waals surface area (Å²) in [6.45, 7) is 1.26. The minimum Gasteiger partial charge on any atom is -0.337 e. The zero-order valence-electron chi connectivity index (χ0n) is 10.3. The zero-order valence-corrected chi connectivity index (χ0v) is 11.1. The predicted molar refractivity (Wildman–Crippen MR) is 71.2 cm³/mol. The first kappa shape index (κ1) is 12.9. The Balaban J connectivity index is 2.03. The van der Waals surface area contributed by atoms with Gasteiger partial charge in [-0.2, -0.15) is 5.26 Å². The molecule has 1 aromatic heterocycles. The number of nitriles is 1. The van der Waals surface area contributed by atoms with Crippen LogP contribution in [0.2, 0.25) is 0 Å². The number of rotatable bonds is 2. The number of carbonyl (C=O) groups excluding carboxylic acids is 1. The fourth-order valence-corrected chi connectivity index (χ4v) is 2.77. The molecule has 0 radical (unpaired) electrons. The number of pyridine rings is 1. The van der Waals surface area contributed by atoms with Crippen LogP contribution < -0.4 is 0 Å². The first-order valence-electron chi connectivity index (χ1n) is 5.87. The average Bonchev–Trinajstić information content (AvgIpc) is 2.47. The number of hydrogen-bond acceptors (Lipinski definition) is 4. The van der Waals surface area contributed by atoms with Crippen LogP contribution in [0, 0.1) is 11.3 Å². The number of aromatic nitrogens is 1. The zero-order chi connectivity index (χ0) is 13.0. The van der Waals surface area contributed by atoms with Crippen LogP contribution in [-0.4, -0.2) is 39.9 Å². The lowest BCUT2D eigenvalue weighted by molar-refractivity contribution is 0.0710. The van der Waals surface area contributed by atoms with E-state index in [0.717, 1.165) is 12.8 Å². The van der Waals surface area contributed by atoms with Gasteiger partial charge in [-0.05, 0) is 31.2 Å². The standard InChI is InChI=1S/C13H15N3OS/c1-18-13(10-14)5-8-16(9-6-13)12(17)11-4-2-3-7-15-11/h2-4,7H,5-6,8-9H2,1H3. The van der Waals surface area contributed by atoms with Gasteiger partial charge in [-0.1, -0.05) is 6.07 Å². The molecule has 0 aliphatic carbocycles. The Morgan fingerprint density at radius 2 is 2.22 bits per heavy atom. The summed E-state index contributed by atoms with van der Waals surface area (Å²) < 4.78 is -0.319. The Labute approximate surface area is 111 Å². The second kappa shape index (κ2) is 5.40. The Hall–Kier alpha value is -1.54. The maximum atomic E-state index is 12.2. The minimum atomic E-state index is -0.319. The number of likely N-dealkylation sites (tertiary alicyclic amines) is 1. The van der Waals surface area contributed by atoms with Crippen molar-refractivity contribution >= 4 is 17.7 Å². The lowest BCUT2D eigenvalue weighted by Crippen LogP contribution is -2.44. The first-order chi connectivity index (χ1) is 8.71. The molecule has 0 atom stereocenters. The summed E-state index contributed by atoms with van der Waals surface area (Å²) in [4.78, 5) is 18.0. The molecule has 1 aliphatic rings. The summed E-state index contributed by atoms with van der Waals surface area (Å²) in [5.41, 5.74) is 0.478. The molecule has 0 saturated carbocycles. The molecule has 4 nitrogen and oxygen atoms in total. The van der Waals surface area contributed by atoms with Gasteiger partial charge in [0.2, 0.25) is 0 Å². The molecular weight excluding hydrogens is 246 g/mol. The van der Waals surface area contributed by atoms with E-state index in [1.165, 1.54) is 0 Å². The Kier molecular flexibility index (Phi) is 3.87. The van der Waals surface area contributed by atoms with Gasteiger partial charge in [-0.25, -0.2) is 0 Å². The van der Waals surface area contributed by atoms with Crippen molar-refractivity contribution in [3.63, 3.8) is 0 Å². The molecule has 94 valence electrons. The monoisotopic (exact) mass is 261 g/mol. The predicted octanol–water partition coefficient (Wildman–Crippen LogP) is 1.94. The molecule has 1 fully saturated rings. The van der Waals surface area contributed by atoms with Gasteiger partial charge in [-0.3, -0.25) is 9.78 Å². The quantitative estimate of drug-likeness (QED) is 0.816. The van der Waals surface area contributed by atoms with E-state index in [2.05, 4.69) is 11.1 Å². The molecule has 1 aliphatic heterocycles. The number of thioether (sulfide) groups is 1. The van der Waals surface area contributed by atoms with Crippen LogP contribution in [0.3, 0.4) is 0 Å². The van der Waals surface area contributed by atoms with Crippen LogP contribution in [0.15, 0.2) is 24.4 Å². The molecule has 0 N–H and O–H groups in total. The maximum Gasteiger partial charge on any atom is 0.272 e. The largest absolute Gasteiger partial charge is 0.337 e. The molecule has 5 heteroatoms. The van der Waals surface area contributed by atoms with Crippen molar-refractivity contribution in [3.8, 4) is 6.07 Å².